The van der Waals surface area contributed by atoms with Gasteiger partial charge >= 0.3 is 0 Å². The second-order valence-corrected chi connectivity index (χ2v) is 8.39. The molecule has 32 heavy (non-hydrogen) atoms. The number of hydrogen-bond acceptors (Lipinski definition) is 4. The van der Waals surface area contributed by atoms with E-state index < -0.39 is 33.0 Å². The van der Waals surface area contributed by atoms with Crippen LogP contribution in [0.1, 0.15) is 0 Å². The minimum absolute atomic E-state index is 0.00613. The Morgan fingerprint density at radius 1 is 0.812 bits per heavy atom. The highest BCUT2D eigenvalue weighted by atomic mass is 32.2. The molecule has 162 valence electrons. The van der Waals surface area contributed by atoms with Crippen LogP contribution in [-0.2, 0) is 10.0 Å². The Labute approximate surface area is 180 Å². The molecule has 4 aromatic rings. The number of halogens is 3. The van der Waals surface area contributed by atoms with E-state index in [1.165, 1.54) is 60.8 Å². The van der Waals surface area contributed by atoms with Crippen molar-refractivity contribution in [3.8, 4) is 27.9 Å². The number of benzene rings is 3. The Hall–Kier alpha value is -3.76. The van der Waals surface area contributed by atoms with Gasteiger partial charge in [-0.1, -0.05) is 24.3 Å². The standard InChI is InChI=1S/C22H14F3N3O3S/c23-15-5-1-14(2-6-15)21-18(13-3-8-17(9-4-13)32(26,30)31)12-27-28(22(21)29)16-7-10-19(24)20(25)11-16/h1-12H,(H2,26,30,31). The third-order valence-corrected chi connectivity index (χ3v) is 5.68. The van der Waals surface area contributed by atoms with E-state index in [9.17, 15) is 26.4 Å². The predicted octanol–water partition coefficient (Wildman–Crippen LogP) is 3.63. The van der Waals surface area contributed by atoms with Crippen molar-refractivity contribution in [1.82, 2.24) is 9.78 Å². The van der Waals surface area contributed by atoms with Crippen molar-refractivity contribution in [3.63, 3.8) is 0 Å². The fourth-order valence-electron chi connectivity index (χ4n) is 3.19. The van der Waals surface area contributed by atoms with Crippen molar-refractivity contribution in [2.75, 3.05) is 0 Å². The van der Waals surface area contributed by atoms with Crippen LogP contribution in [0.25, 0.3) is 27.9 Å². The van der Waals surface area contributed by atoms with Crippen molar-refractivity contribution in [1.29, 1.82) is 0 Å². The first-order valence-corrected chi connectivity index (χ1v) is 10.7. The van der Waals surface area contributed by atoms with Gasteiger partial charge < -0.3 is 0 Å². The zero-order chi connectivity index (χ0) is 23.0. The Bertz CT molecular complexity index is 1480. The van der Waals surface area contributed by atoms with E-state index in [1.807, 2.05) is 0 Å². The molecule has 0 saturated carbocycles. The smallest absolute Gasteiger partial charge is 0.267 e. The van der Waals surface area contributed by atoms with Crippen LogP contribution in [0.2, 0.25) is 0 Å². The van der Waals surface area contributed by atoms with Gasteiger partial charge in [-0.15, -0.1) is 0 Å². The van der Waals surface area contributed by atoms with Crippen LogP contribution in [0.3, 0.4) is 0 Å². The summed E-state index contributed by atoms with van der Waals surface area (Å²) in [7, 11) is -3.92. The van der Waals surface area contributed by atoms with Gasteiger partial charge in [0.05, 0.1) is 22.3 Å². The second kappa shape index (κ2) is 8.06. The Morgan fingerprint density at radius 3 is 2.03 bits per heavy atom. The summed E-state index contributed by atoms with van der Waals surface area (Å²) in [5, 5.41) is 9.19. The monoisotopic (exact) mass is 457 g/mol. The fourth-order valence-corrected chi connectivity index (χ4v) is 3.71. The van der Waals surface area contributed by atoms with Gasteiger partial charge in [-0.3, -0.25) is 4.79 Å². The number of sulfonamides is 1. The summed E-state index contributed by atoms with van der Waals surface area (Å²) in [6.07, 6.45) is 1.33. The molecular formula is C22H14F3N3O3S. The Morgan fingerprint density at radius 2 is 1.44 bits per heavy atom. The summed E-state index contributed by atoms with van der Waals surface area (Å²) < 4.78 is 64.5. The molecule has 1 aromatic heterocycles. The van der Waals surface area contributed by atoms with Gasteiger partial charge in [0, 0.05) is 11.6 Å². The van der Waals surface area contributed by atoms with Crippen LogP contribution in [-0.4, -0.2) is 18.2 Å². The highest BCUT2D eigenvalue weighted by Gasteiger charge is 2.18. The molecule has 2 N–H and O–H groups in total. The van der Waals surface area contributed by atoms with E-state index in [0.29, 0.717) is 16.7 Å². The molecule has 10 heteroatoms. The fraction of sp³-hybridized carbons (Fsp3) is 0. The minimum Gasteiger partial charge on any atom is -0.267 e. The van der Waals surface area contributed by atoms with E-state index in [2.05, 4.69) is 5.10 Å². The molecule has 0 amide bonds. The summed E-state index contributed by atoms with van der Waals surface area (Å²) in [4.78, 5) is 13.2. The maximum absolute atomic E-state index is 13.7. The van der Waals surface area contributed by atoms with Gasteiger partial charge in [0.1, 0.15) is 5.82 Å². The average Bonchev–Trinajstić information content (AvgIpc) is 2.76. The van der Waals surface area contributed by atoms with Gasteiger partial charge in [0.25, 0.3) is 5.56 Å². The van der Waals surface area contributed by atoms with Crippen LogP contribution in [0, 0.1) is 17.5 Å². The number of primary sulfonamides is 1. The number of aromatic nitrogens is 2. The van der Waals surface area contributed by atoms with Gasteiger partial charge in [0.15, 0.2) is 11.6 Å². The van der Waals surface area contributed by atoms with E-state index >= 15 is 0 Å². The summed E-state index contributed by atoms with van der Waals surface area (Å²) in [6.45, 7) is 0. The molecule has 0 aliphatic heterocycles. The normalized spacial score (nSPS) is 11.5. The summed E-state index contributed by atoms with van der Waals surface area (Å²) in [5.41, 5.74) is 0.540. The Balaban J connectivity index is 1.96. The summed E-state index contributed by atoms with van der Waals surface area (Å²) >= 11 is 0. The highest BCUT2D eigenvalue weighted by molar-refractivity contribution is 7.89. The van der Waals surface area contributed by atoms with Crippen molar-refractivity contribution in [3.05, 3.63) is 101 Å². The third-order valence-electron chi connectivity index (χ3n) is 4.75. The SMILES string of the molecule is NS(=O)(=O)c1ccc(-c2cnn(-c3ccc(F)c(F)c3)c(=O)c2-c2ccc(F)cc2)cc1. The van der Waals surface area contributed by atoms with Crippen LogP contribution in [0.15, 0.2) is 82.6 Å². The lowest BCUT2D eigenvalue weighted by atomic mass is 9.97. The molecule has 3 aromatic carbocycles. The van der Waals surface area contributed by atoms with Crippen LogP contribution in [0.4, 0.5) is 13.2 Å². The van der Waals surface area contributed by atoms with Crippen molar-refractivity contribution in [2.24, 2.45) is 5.14 Å². The molecule has 0 fully saturated rings. The number of nitrogens with zero attached hydrogens (tertiary/aromatic N) is 2. The molecule has 0 aliphatic rings. The average molecular weight is 457 g/mol. The largest absolute Gasteiger partial charge is 0.280 e. The molecule has 0 saturated heterocycles. The lowest BCUT2D eigenvalue weighted by molar-refractivity contribution is 0.507. The molecule has 0 spiro atoms. The number of hydrogen-bond donors (Lipinski definition) is 1. The predicted molar refractivity (Wildman–Crippen MR) is 112 cm³/mol. The topological polar surface area (TPSA) is 95.1 Å². The van der Waals surface area contributed by atoms with Gasteiger partial charge in [-0.05, 0) is 47.5 Å². The molecule has 0 radical (unpaired) electrons. The first-order valence-electron chi connectivity index (χ1n) is 9.12. The molecule has 0 atom stereocenters. The lowest BCUT2D eigenvalue weighted by Crippen LogP contribution is -2.23. The number of rotatable bonds is 4. The van der Waals surface area contributed by atoms with Gasteiger partial charge in [0.2, 0.25) is 10.0 Å². The zero-order valence-electron chi connectivity index (χ0n) is 16.2. The molecule has 6 nitrogen and oxygen atoms in total. The van der Waals surface area contributed by atoms with E-state index in [0.717, 1.165) is 16.8 Å². The van der Waals surface area contributed by atoms with E-state index in [4.69, 9.17) is 5.14 Å². The first kappa shape index (κ1) is 21.5. The van der Waals surface area contributed by atoms with Gasteiger partial charge in [-0.25, -0.2) is 26.7 Å². The van der Waals surface area contributed by atoms with Crippen LogP contribution < -0.4 is 10.7 Å². The molecule has 0 unspecified atom stereocenters. The van der Waals surface area contributed by atoms with Crippen LogP contribution >= 0.6 is 0 Å². The molecular weight excluding hydrogens is 443 g/mol. The molecule has 4 rings (SSSR count). The quantitative estimate of drug-likeness (QED) is 0.506. The Kier molecular flexibility index (Phi) is 5.41. The van der Waals surface area contributed by atoms with Crippen molar-refractivity contribution < 1.29 is 21.6 Å². The van der Waals surface area contributed by atoms with Gasteiger partial charge in [-0.2, -0.15) is 9.78 Å². The van der Waals surface area contributed by atoms with Crippen LogP contribution in [0.5, 0.6) is 0 Å². The number of nitrogens with two attached hydrogens (primary N) is 1. The minimum atomic E-state index is -3.92. The maximum atomic E-state index is 13.7. The summed E-state index contributed by atoms with van der Waals surface area (Å²) in [5.74, 6) is -2.74. The summed E-state index contributed by atoms with van der Waals surface area (Å²) in [6, 6.07) is 13.5. The lowest BCUT2D eigenvalue weighted by Gasteiger charge is -2.13. The van der Waals surface area contributed by atoms with E-state index in [1.54, 1.807) is 0 Å². The second-order valence-electron chi connectivity index (χ2n) is 6.82. The molecule has 1 heterocycles. The van der Waals surface area contributed by atoms with E-state index in [-0.39, 0.29) is 16.1 Å². The van der Waals surface area contributed by atoms with Crippen molar-refractivity contribution in [2.45, 2.75) is 4.90 Å². The highest BCUT2D eigenvalue weighted by Crippen LogP contribution is 2.30. The molecule has 0 aliphatic carbocycles. The zero-order valence-corrected chi connectivity index (χ0v) is 17.0. The third kappa shape index (κ3) is 4.05. The first-order chi connectivity index (χ1) is 15.1. The van der Waals surface area contributed by atoms with Crippen molar-refractivity contribution >= 4 is 10.0 Å². The molecule has 0 bridgehead atoms. The maximum Gasteiger partial charge on any atom is 0.280 e.